The molecule has 2 heterocycles. The summed E-state index contributed by atoms with van der Waals surface area (Å²) in [5, 5.41) is 34.2. The van der Waals surface area contributed by atoms with E-state index < -0.39 is 67.1 Å². The number of hydrogen-bond donors (Lipinski definition) is 10. The Bertz CT molecular complexity index is 873. The number of aliphatic hydroxyl groups excluding tert-OH is 3. The first-order chi connectivity index (χ1) is 18.6. The molecule has 3 rings (SSSR count). The standard InChI is InChI=1S/C24H46N8O7.5ClH/c25-9-16-22(19(34)17(29)24(38-16)39-21-14(27)8-13(26)18(33)20(21)35)37-6-4-2-1-3-5-31-23(36)15(28)7-12-10-30-11-32-12;;;;;/h10-11,13-22,24,33-35H,1-9,25-29H2,(H,30,32)(H,31,36);5*1H/t13-,14+,15+,16-,17-,18+,19-,20-,21-,22-,24-;;;;;/m1...../s1. The molecule has 44 heavy (non-hydrogen) atoms. The molecule has 0 aromatic carbocycles. The zero-order chi connectivity index (χ0) is 28.5. The summed E-state index contributed by atoms with van der Waals surface area (Å²) in [6, 6.07) is -2.95. The number of H-pyrrole nitrogens is 1. The molecule has 0 unspecified atom stereocenters. The first-order valence-electron chi connectivity index (χ1n) is 13.6. The minimum atomic E-state index is -1.32. The number of nitrogens with one attached hydrogen (secondary N) is 2. The normalized spacial score (nSPS) is 31.9. The SMILES string of the molecule is Cl.Cl.Cl.Cl.Cl.NC[C@H]1O[C@H](O[C@H]2[C@H](O)[C@@H](O)[C@H](N)C[C@@H]2N)[C@H](N)[C@@H](O)[C@@H]1OCCCCCCNC(=O)[C@@H](N)Cc1cnc[nH]1. The third-order valence-electron chi connectivity index (χ3n) is 7.35. The molecule has 1 aliphatic carbocycles. The highest BCUT2D eigenvalue weighted by molar-refractivity contribution is 5.86. The van der Waals surface area contributed by atoms with Crippen molar-refractivity contribution in [2.75, 3.05) is 19.7 Å². The molecule has 2 fully saturated rings. The van der Waals surface area contributed by atoms with E-state index in [-0.39, 0.29) is 80.9 Å². The van der Waals surface area contributed by atoms with Crippen LogP contribution in [0.2, 0.25) is 0 Å². The van der Waals surface area contributed by atoms with Gasteiger partial charge in [0.2, 0.25) is 5.91 Å². The highest BCUT2D eigenvalue weighted by Crippen LogP contribution is 2.28. The summed E-state index contributed by atoms with van der Waals surface area (Å²) in [5.74, 6) is -0.203. The van der Waals surface area contributed by atoms with Gasteiger partial charge in [-0.3, -0.25) is 4.79 Å². The number of amides is 1. The van der Waals surface area contributed by atoms with Crippen molar-refractivity contribution in [3.63, 3.8) is 0 Å². The summed E-state index contributed by atoms with van der Waals surface area (Å²) >= 11 is 0. The van der Waals surface area contributed by atoms with Gasteiger partial charge in [0.05, 0.1) is 24.5 Å². The van der Waals surface area contributed by atoms with E-state index in [0.717, 1.165) is 31.4 Å². The minimum absolute atomic E-state index is 0. The van der Waals surface area contributed by atoms with Gasteiger partial charge >= 0.3 is 0 Å². The van der Waals surface area contributed by atoms with Crippen LogP contribution in [0.25, 0.3) is 0 Å². The molecule has 264 valence electrons. The molecule has 1 saturated carbocycles. The van der Waals surface area contributed by atoms with Crippen molar-refractivity contribution in [2.45, 2.75) is 106 Å². The van der Waals surface area contributed by atoms with Crippen LogP contribution in [-0.2, 0) is 25.4 Å². The van der Waals surface area contributed by atoms with Gasteiger partial charge in [-0.1, -0.05) is 12.8 Å². The summed E-state index contributed by atoms with van der Waals surface area (Å²) in [4.78, 5) is 18.9. The predicted molar refractivity (Wildman–Crippen MR) is 177 cm³/mol. The maximum absolute atomic E-state index is 12.1. The fourth-order valence-corrected chi connectivity index (χ4v) is 4.95. The van der Waals surface area contributed by atoms with Crippen molar-refractivity contribution in [2.24, 2.45) is 28.7 Å². The number of halogens is 5. The third-order valence-corrected chi connectivity index (χ3v) is 7.35. The van der Waals surface area contributed by atoms with Crippen LogP contribution >= 0.6 is 62.0 Å². The Kier molecular flexibility index (Phi) is 26.1. The second kappa shape index (κ2) is 23.9. The lowest BCUT2D eigenvalue weighted by molar-refractivity contribution is -0.293. The number of aromatic nitrogens is 2. The summed E-state index contributed by atoms with van der Waals surface area (Å²) in [6.45, 7) is 0.931. The molecule has 1 aliphatic heterocycles. The Morgan fingerprint density at radius 3 is 2.27 bits per heavy atom. The molecule has 1 aromatic rings. The van der Waals surface area contributed by atoms with E-state index in [4.69, 9.17) is 42.9 Å². The van der Waals surface area contributed by atoms with Gasteiger partial charge in [0, 0.05) is 50.1 Å². The Balaban J connectivity index is -0.00000336. The molecule has 1 amide bonds. The summed E-state index contributed by atoms with van der Waals surface area (Å²) in [6.07, 6.45) is -0.135. The fourth-order valence-electron chi connectivity index (χ4n) is 4.95. The number of nitrogens with two attached hydrogens (primary N) is 5. The van der Waals surface area contributed by atoms with Gasteiger partial charge in [-0.05, 0) is 19.3 Å². The van der Waals surface area contributed by atoms with Crippen LogP contribution in [0, 0.1) is 0 Å². The molecule has 1 aromatic heterocycles. The van der Waals surface area contributed by atoms with Gasteiger partial charge < -0.3 is 68.5 Å². The molecule has 0 radical (unpaired) electrons. The molecular formula is C24H51Cl5N8O7. The molecule has 0 spiro atoms. The van der Waals surface area contributed by atoms with Crippen LogP contribution < -0.4 is 34.0 Å². The molecule has 11 atom stereocenters. The second-order valence-corrected chi connectivity index (χ2v) is 10.4. The lowest BCUT2D eigenvalue weighted by Crippen LogP contribution is -2.67. The number of carbonyl (C=O) groups excluding carboxylic acids is 1. The summed E-state index contributed by atoms with van der Waals surface area (Å²) < 4.78 is 17.6. The Labute approximate surface area is 288 Å². The number of nitrogens with zero attached hydrogens (tertiary/aromatic N) is 1. The predicted octanol–water partition coefficient (Wildman–Crippen LogP) is -2.01. The van der Waals surface area contributed by atoms with Crippen LogP contribution in [-0.4, -0.2) is 118 Å². The highest BCUT2D eigenvalue weighted by Gasteiger charge is 2.48. The van der Waals surface area contributed by atoms with Gasteiger partial charge in [0.15, 0.2) is 6.29 Å². The molecule has 0 bridgehead atoms. The van der Waals surface area contributed by atoms with E-state index in [1.54, 1.807) is 12.5 Å². The first-order valence-corrected chi connectivity index (χ1v) is 13.6. The van der Waals surface area contributed by atoms with Gasteiger partial charge in [-0.15, -0.1) is 62.0 Å². The molecule has 15 nitrogen and oxygen atoms in total. The Hall–Kier alpha value is -0.310. The average molecular weight is 741 g/mol. The van der Waals surface area contributed by atoms with Crippen LogP contribution in [0.5, 0.6) is 0 Å². The van der Waals surface area contributed by atoms with Crippen LogP contribution in [0.4, 0.5) is 0 Å². The van der Waals surface area contributed by atoms with Crippen LogP contribution in [0.15, 0.2) is 12.5 Å². The second-order valence-electron chi connectivity index (χ2n) is 10.4. The maximum atomic E-state index is 12.1. The van der Waals surface area contributed by atoms with Crippen molar-refractivity contribution in [3.8, 4) is 0 Å². The summed E-state index contributed by atoms with van der Waals surface area (Å²) in [7, 11) is 0. The van der Waals surface area contributed by atoms with E-state index in [9.17, 15) is 20.1 Å². The zero-order valence-corrected chi connectivity index (χ0v) is 28.3. The van der Waals surface area contributed by atoms with E-state index >= 15 is 0 Å². The quantitative estimate of drug-likeness (QED) is 0.0925. The third kappa shape index (κ3) is 13.4. The van der Waals surface area contributed by atoms with E-state index in [0.29, 0.717) is 19.6 Å². The molecule has 20 heteroatoms. The number of imidazole rings is 1. The number of rotatable bonds is 14. The van der Waals surface area contributed by atoms with E-state index in [2.05, 4.69) is 15.3 Å². The van der Waals surface area contributed by atoms with Crippen molar-refractivity contribution in [3.05, 3.63) is 18.2 Å². The number of aromatic amines is 1. The number of aliphatic hydroxyl groups is 3. The van der Waals surface area contributed by atoms with Crippen LogP contribution in [0.1, 0.15) is 37.8 Å². The van der Waals surface area contributed by atoms with Crippen molar-refractivity contribution in [1.82, 2.24) is 15.3 Å². The van der Waals surface area contributed by atoms with E-state index in [1.165, 1.54) is 0 Å². The van der Waals surface area contributed by atoms with Gasteiger partial charge in [-0.25, -0.2) is 4.98 Å². The maximum Gasteiger partial charge on any atom is 0.237 e. The topological polar surface area (TPSA) is 276 Å². The van der Waals surface area contributed by atoms with E-state index in [1.807, 2.05) is 0 Å². The fraction of sp³-hybridized carbons (Fsp3) is 0.833. The first kappa shape index (κ1) is 48.1. The summed E-state index contributed by atoms with van der Waals surface area (Å²) in [5.41, 5.74) is 30.7. The van der Waals surface area contributed by atoms with Crippen LogP contribution in [0.3, 0.4) is 0 Å². The van der Waals surface area contributed by atoms with Gasteiger partial charge in [-0.2, -0.15) is 0 Å². The Morgan fingerprint density at radius 1 is 1.00 bits per heavy atom. The molecule has 2 aliphatic rings. The van der Waals surface area contributed by atoms with Crippen molar-refractivity contribution in [1.29, 1.82) is 0 Å². The lowest BCUT2D eigenvalue weighted by Gasteiger charge is -2.46. The number of ether oxygens (including phenoxy) is 3. The number of unbranched alkanes of at least 4 members (excludes halogenated alkanes) is 3. The smallest absolute Gasteiger partial charge is 0.237 e. The number of carbonyl (C=O) groups is 1. The average Bonchev–Trinajstić information content (AvgIpc) is 3.42. The minimum Gasteiger partial charge on any atom is -0.389 e. The van der Waals surface area contributed by atoms with Gasteiger partial charge in [0.25, 0.3) is 0 Å². The number of hydrogen-bond acceptors (Lipinski definition) is 13. The monoisotopic (exact) mass is 738 g/mol. The highest BCUT2D eigenvalue weighted by atomic mass is 35.5. The molecule has 15 N–H and O–H groups in total. The molecule has 1 saturated heterocycles. The Morgan fingerprint density at radius 2 is 1.66 bits per heavy atom. The van der Waals surface area contributed by atoms with Crippen molar-refractivity contribution >= 4 is 67.9 Å². The zero-order valence-electron chi connectivity index (χ0n) is 24.2. The largest absolute Gasteiger partial charge is 0.389 e. The van der Waals surface area contributed by atoms with Crippen molar-refractivity contribution < 1.29 is 34.3 Å². The van der Waals surface area contributed by atoms with Gasteiger partial charge in [0.1, 0.15) is 30.5 Å². The lowest BCUT2D eigenvalue weighted by atomic mass is 9.84. The molecular weight excluding hydrogens is 690 g/mol.